The van der Waals surface area contributed by atoms with E-state index in [2.05, 4.69) is 35.1 Å². The third kappa shape index (κ3) is 10.1. The number of nitrogens with one attached hydrogen (secondary N) is 4. The highest BCUT2D eigenvalue weighted by molar-refractivity contribution is 5.94. The van der Waals surface area contributed by atoms with Crippen LogP contribution in [0.2, 0.25) is 0 Å². The fraction of sp³-hybridized carbons (Fsp3) is 0.553. The third-order valence-corrected chi connectivity index (χ3v) is 9.75. The second-order valence-electron chi connectivity index (χ2n) is 13.8. The van der Waals surface area contributed by atoms with E-state index in [4.69, 9.17) is 20.2 Å². The van der Waals surface area contributed by atoms with E-state index in [0.717, 1.165) is 22.5 Å². The Kier molecular flexibility index (Phi) is 13.4. The van der Waals surface area contributed by atoms with Gasteiger partial charge in [0.05, 0.1) is 18.3 Å². The van der Waals surface area contributed by atoms with Crippen LogP contribution in [0.3, 0.4) is 0 Å². The first-order valence-electron chi connectivity index (χ1n) is 18.3. The van der Waals surface area contributed by atoms with Gasteiger partial charge in [0.2, 0.25) is 23.6 Å². The number of amides is 4. The molecule has 0 saturated carbocycles. The zero-order chi connectivity index (χ0) is 36.3. The van der Waals surface area contributed by atoms with Gasteiger partial charge in [-0.25, -0.2) is 4.98 Å². The van der Waals surface area contributed by atoms with Crippen molar-refractivity contribution in [3.8, 4) is 5.75 Å². The summed E-state index contributed by atoms with van der Waals surface area (Å²) in [5.74, 6) is -0.713. The summed E-state index contributed by atoms with van der Waals surface area (Å²) < 4.78 is 13.3. The molecule has 2 aliphatic heterocycles. The van der Waals surface area contributed by atoms with Gasteiger partial charge in [-0.1, -0.05) is 45.0 Å². The number of para-hydroxylation sites is 1. The second-order valence-corrected chi connectivity index (χ2v) is 13.8. The van der Waals surface area contributed by atoms with Crippen molar-refractivity contribution in [2.75, 3.05) is 26.4 Å². The maximum absolute atomic E-state index is 14.2. The molecule has 0 spiro atoms. The van der Waals surface area contributed by atoms with Gasteiger partial charge in [-0.05, 0) is 68.2 Å². The van der Waals surface area contributed by atoms with E-state index in [0.29, 0.717) is 76.5 Å². The number of imidazole rings is 1. The molecular formula is C38H53N7O6. The molecule has 13 nitrogen and oxygen atoms in total. The van der Waals surface area contributed by atoms with Crippen molar-refractivity contribution < 1.29 is 28.7 Å². The number of unbranched alkanes of at least 4 members (excludes halogenated alkanes) is 1. The molecule has 2 aromatic heterocycles. The van der Waals surface area contributed by atoms with E-state index in [1.807, 2.05) is 53.2 Å². The highest BCUT2D eigenvalue weighted by atomic mass is 16.5. The molecule has 51 heavy (non-hydrogen) atoms. The quantitative estimate of drug-likeness (QED) is 0.141. The number of benzene rings is 1. The van der Waals surface area contributed by atoms with E-state index in [-0.39, 0.29) is 36.6 Å². The molecule has 1 saturated heterocycles. The SMILES string of the molecule is CCC(=O)N[C@@H](Cc1cn2cc(C(C)C)ccc2n1)C(=O)N[C@H](C(=O)N[C@@H](CCCCN)C(=O)N[C@@H]1CCOc2ccccc21)C1CCOCC1. The number of carbonyl (C=O) groups excluding carboxylic acids is 4. The van der Waals surface area contributed by atoms with Crippen LogP contribution in [0.5, 0.6) is 5.75 Å². The van der Waals surface area contributed by atoms with Gasteiger partial charge in [-0.2, -0.15) is 0 Å². The summed E-state index contributed by atoms with van der Waals surface area (Å²) in [6.07, 6.45) is 7.63. The van der Waals surface area contributed by atoms with Crippen molar-refractivity contribution in [1.82, 2.24) is 30.7 Å². The number of carbonyl (C=O) groups is 4. The summed E-state index contributed by atoms with van der Waals surface area (Å²) in [7, 11) is 0. The summed E-state index contributed by atoms with van der Waals surface area (Å²) in [6, 6.07) is 8.54. The van der Waals surface area contributed by atoms with Gasteiger partial charge in [-0.15, -0.1) is 0 Å². The first-order chi connectivity index (χ1) is 24.7. The molecule has 276 valence electrons. The largest absolute Gasteiger partial charge is 0.493 e. The monoisotopic (exact) mass is 703 g/mol. The first-order valence-corrected chi connectivity index (χ1v) is 18.3. The Morgan fingerprint density at radius 2 is 1.69 bits per heavy atom. The molecule has 4 atom stereocenters. The average Bonchev–Trinajstić information content (AvgIpc) is 3.55. The first kappa shape index (κ1) is 37.8. The van der Waals surface area contributed by atoms with Crippen LogP contribution in [0.15, 0.2) is 48.8 Å². The van der Waals surface area contributed by atoms with Gasteiger partial charge < -0.3 is 40.9 Å². The normalized spacial score (nSPS) is 17.9. The third-order valence-electron chi connectivity index (χ3n) is 9.75. The molecule has 6 N–H and O–H groups in total. The zero-order valence-corrected chi connectivity index (χ0v) is 30.0. The number of fused-ring (bicyclic) bond motifs is 2. The number of nitrogens with zero attached hydrogens (tertiary/aromatic N) is 2. The Hall–Kier alpha value is -4.49. The fourth-order valence-corrected chi connectivity index (χ4v) is 6.70. The van der Waals surface area contributed by atoms with Crippen LogP contribution in [0.4, 0.5) is 0 Å². The van der Waals surface area contributed by atoms with Crippen molar-refractivity contribution >= 4 is 29.3 Å². The number of aromatic nitrogens is 2. The summed E-state index contributed by atoms with van der Waals surface area (Å²) in [5, 5.41) is 11.9. The van der Waals surface area contributed by atoms with Gasteiger partial charge in [0.1, 0.15) is 29.5 Å². The molecule has 0 radical (unpaired) electrons. The van der Waals surface area contributed by atoms with E-state index < -0.39 is 29.9 Å². The molecule has 0 aliphatic carbocycles. The van der Waals surface area contributed by atoms with Crippen LogP contribution in [-0.2, 0) is 30.3 Å². The molecule has 2 aliphatic rings. The topological polar surface area (TPSA) is 178 Å². The minimum Gasteiger partial charge on any atom is -0.493 e. The lowest BCUT2D eigenvalue weighted by atomic mass is 9.90. The Bertz CT molecular complexity index is 1650. The number of ether oxygens (including phenoxy) is 2. The van der Waals surface area contributed by atoms with Gasteiger partial charge in [0.25, 0.3) is 0 Å². The van der Waals surface area contributed by atoms with Crippen LogP contribution in [-0.4, -0.2) is 77.5 Å². The van der Waals surface area contributed by atoms with Crippen LogP contribution < -0.4 is 31.7 Å². The van der Waals surface area contributed by atoms with Crippen molar-refractivity contribution in [3.63, 3.8) is 0 Å². The van der Waals surface area contributed by atoms with Crippen LogP contribution >= 0.6 is 0 Å². The van der Waals surface area contributed by atoms with Crippen LogP contribution in [0.1, 0.15) is 94.5 Å². The van der Waals surface area contributed by atoms with Gasteiger partial charge in [-0.3, -0.25) is 19.2 Å². The molecule has 4 heterocycles. The Labute approximate surface area is 299 Å². The van der Waals surface area contributed by atoms with E-state index in [1.54, 1.807) is 6.92 Å². The number of pyridine rings is 1. The highest BCUT2D eigenvalue weighted by Gasteiger charge is 2.36. The Morgan fingerprint density at radius 1 is 0.902 bits per heavy atom. The number of hydrogen-bond donors (Lipinski definition) is 5. The Balaban J connectivity index is 1.34. The lowest BCUT2D eigenvalue weighted by molar-refractivity contribution is -0.135. The van der Waals surface area contributed by atoms with Crippen molar-refractivity contribution in [2.45, 2.75) is 102 Å². The zero-order valence-electron chi connectivity index (χ0n) is 30.0. The van der Waals surface area contributed by atoms with Gasteiger partial charge >= 0.3 is 0 Å². The Morgan fingerprint density at radius 3 is 2.43 bits per heavy atom. The second kappa shape index (κ2) is 18.1. The summed E-state index contributed by atoms with van der Waals surface area (Å²) in [5.41, 5.74) is 9.17. The van der Waals surface area contributed by atoms with Crippen LogP contribution in [0.25, 0.3) is 5.65 Å². The molecule has 3 aromatic rings. The molecule has 0 bridgehead atoms. The molecule has 1 fully saturated rings. The van der Waals surface area contributed by atoms with Crippen molar-refractivity contribution in [1.29, 1.82) is 0 Å². The number of nitrogens with two attached hydrogens (primary N) is 1. The maximum Gasteiger partial charge on any atom is 0.243 e. The van der Waals surface area contributed by atoms with E-state index in [1.165, 1.54) is 0 Å². The maximum atomic E-state index is 14.2. The standard InChI is InChI=1S/C38H53N7O6/c1-4-34(46)41-31(21-27-23-45-22-26(24(2)3)12-13-33(45)40-27)37(48)44-35(25-14-18-50-19-15-25)38(49)43-30(10-7-8-17-39)36(47)42-29-16-20-51-32-11-6-5-9-28(29)32/h5-6,9,11-13,22-25,29-31,35H,4,7-8,10,14-21,39H2,1-3H3,(H,41,46)(H,42,47)(H,43,49)(H,44,48)/t29-,30+,31+,35+/m1/s1. The van der Waals surface area contributed by atoms with E-state index in [9.17, 15) is 19.2 Å². The molecule has 5 rings (SSSR count). The molecule has 13 heteroatoms. The average molecular weight is 704 g/mol. The van der Waals surface area contributed by atoms with Crippen LogP contribution in [0, 0.1) is 5.92 Å². The minimum absolute atomic E-state index is 0.134. The lowest BCUT2D eigenvalue weighted by Gasteiger charge is -2.33. The predicted octanol–water partition coefficient (Wildman–Crippen LogP) is 3.06. The predicted molar refractivity (Wildman–Crippen MR) is 193 cm³/mol. The molecular weight excluding hydrogens is 650 g/mol. The van der Waals surface area contributed by atoms with Crippen molar-refractivity contribution in [2.24, 2.45) is 11.7 Å². The fourth-order valence-electron chi connectivity index (χ4n) is 6.70. The molecule has 1 aromatic carbocycles. The van der Waals surface area contributed by atoms with E-state index >= 15 is 0 Å². The molecule has 0 unspecified atom stereocenters. The summed E-state index contributed by atoms with van der Waals surface area (Å²) in [4.78, 5) is 59.4. The summed E-state index contributed by atoms with van der Waals surface area (Å²) in [6.45, 7) is 7.78. The van der Waals surface area contributed by atoms with Crippen molar-refractivity contribution in [3.05, 3.63) is 65.6 Å². The summed E-state index contributed by atoms with van der Waals surface area (Å²) >= 11 is 0. The number of hydrogen-bond acceptors (Lipinski definition) is 8. The van der Waals surface area contributed by atoms with Gasteiger partial charge in [0.15, 0.2) is 0 Å². The highest BCUT2D eigenvalue weighted by Crippen LogP contribution is 2.31. The minimum atomic E-state index is -0.973. The van der Waals surface area contributed by atoms with Gasteiger partial charge in [0, 0.05) is 50.4 Å². The smallest absolute Gasteiger partial charge is 0.243 e. The molecule has 4 amide bonds. The number of rotatable bonds is 16. The lowest BCUT2D eigenvalue weighted by Crippen LogP contribution is -2.59.